The van der Waals surface area contributed by atoms with Crippen LogP contribution in [-0.2, 0) is 4.74 Å². The highest BCUT2D eigenvalue weighted by Gasteiger charge is 2.05. The third-order valence-electron chi connectivity index (χ3n) is 2.84. The number of benzene rings is 1. The van der Waals surface area contributed by atoms with Crippen molar-refractivity contribution in [1.29, 1.82) is 0 Å². The maximum absolute atomic E-state index is 5.68. The Balaban J connectivity index is 2.90. The number of hydrogen-bond acceptors (Lipinski definition) is 2. The fourth-order valence-corrected chi connectivity index (χ4v) is 1.98. The number of rotatable bonds is 6. The van der Waals surface area contributed by atoms with Crippen LogP contribution in [-0.4, -0.2) is 12.9 Å². The smallest absolute Gasteiger partial charge is 0.196 e. The molecule has 0 saturated heterocycles. The summed E-state index contributed by atoms with van der Waals surface area (Å²) in [6.45, 7) is 13.0. The summed E-state index contributed by atoms with van der Waals surface area (Å²) in [6, 6.07) is 8.17. The van der Waals surface area contributed by atoms with E-state index in [1.54, 1.807) is 0 Å². The SMILES string of the molecule is CCOC(C)Oc1ccc(C(C=C(C)C)=C(C)C)cc1. The van der Waals surface area contributed by atoms with Crippen molar-refractivity contribution in [2.75, 3.05) is 6.61 Å². The lowest BCUT2D eigenvalue weighted by Gasteiger charge is -2.15. The molecule has 1 aromatic carbocycles. The fraction of sp³-hybridized carbons (Fsp3) is 0.444. The highest BCUT2D eigenvalue weighted by atomic mass is 16.7. The van der Waals surface area contributed by atoms with Crippen molar-refractivity contribution >= 4 is 5.57 Å². The molecule has 20 heavy (non-hydrogen) atoms. The second kappa shape index (κ2) is 7.91. The van der Waals surface area contributed by atoms with Gasteiger partial charge < -0.3 is 9.47 Å². The number of ether oxygens (including phenoxy) is 2. The average molecular weight is 274 g/mol. The zero-order valence-electron chi connectivity index (χ0n) is 13.5. The molecule has 0 heterocycles. The Morgan fingerprint density at radius 3 is 2.15 bits per heavy atom. The van der Waals surface area contributed by atoms with Crippen molar-refractivity contribution in [2.45, 2.75) is 47.8 Å². The van der Waals surface area contributed by atoms with Gasteiger partial charge in [-0.3, -0.25) is 0 Å². The van der Waals surface area contributed by atoms with E-state index in [1.807, 2.05) is 26.0 Å². The van der Waals surface area contributed by atoms with Crippen LogP contribution in [0.2, 0.25) is 0 Å². The minimum atomic E-state index is -0.216. The molecule has 0 spiro atoms. The predicted octanol–water partition coefficient (Wildman–Crippen LogP) is 5.21. The van der Waals surface area contributed by atoms with Crippen molar-refractivity contribution in [3.05, 3.63) is 47.1 Å². The lowest BCUT2D eigenvalue weighted by Crippen LogP contribution is -2.15. The summed E-state index contributed by atoms with van der Waals surface area (Å²) in [6.07, 6.45) is 2.00. The largest absolute Gasteiger partial charge is 0.465 e. The van der Waals surface area contributed by atoms with Gasteiger partial charge in [0, 0.05) is 6.61 Å². The van der Waals surface area contributed by atoms with Gasteiger partial charge in [-0.1, -0.05) is 29.4 Å². The zero-order chi connectivity index (χ0) is 15.1. The van der Waals surface area contributed by atoms with Crippen LogP contribution in [0.15, 0.2) is 41.5 Å². The van der Waals surface area contributed by atoms with E-state index in [0.717, 1.165) is 5.75 Å². The third-order valence-corrected chi connectivity index (χ3v) is 2.84. The van der Waals surface area contributed by atoms with Gasteiger partial charge in [0.1, 0.15) is 5.75 Å². The van der Waals surface area contributed by atoms with Crippen LogP contribution in [0.3, 0.4) is 0 Å². The predicted molar refractivity (Wildman–Crippen MR) is 85.9 cm³/mol. The van der Waals surface area contributed by atoms with Gasteiger partial charge in [-0.15, -0.1) is 0 Å². The van der Waals surface area contributed by atoms with Crippen LogP contribution in [0.25, 0.3) is 5.57 Å². The van der Waals surface area contributed by atoms with Crippen LogP contribution in [0, 0.1) is 0 Å². The van der Waals surface area contributed by atoms with Crippen molar-refractivity contribution < 1.29 is 9.47 Å². The van der Waals surface area contributed by atoms with Crippen LogP contribution in [0.4, 0.5) is 0 Å². The Kier molecular flexibility index (Phi) is 6.53. The van der Waals surface area contributed by atoms with E-state index in [2.05, 4.69) is 45.9 Å². The van der Waals surface area contributed by atoms with E-state index < -0.39 is 0 Å². The third kappa shape index (κ3) is 5.22. The first-order valence-corrected chi connectivity index (χ1v) is 7.15. The molecule has 1 aromatic rings. The molecule has 0 radical (unpaired) electrons. The Hall–Kier alpha value is -1.54. The van der Waals surface area contributed by atoms with Crippen molar-refractivity contribution in [3.63, 3.8) is 0 Å². The van der Waals surface area contributed by atoms with Gasteiger partial charge in [0.25, 0.3) is 0 Å². The van der Waals surface area contributed by atoms with E-state index in [1.165, 1.54) is 22.3 Å². The van der Waals surface area contributed by atoms with Crippen molar-refractivity contribution in [2.24, 2.45) is 0 Å². The molecular formula is C18H26O2. The molecule has 0 aliphatic heterocycles. The van der Waals surface area contributed by atoms with Crippen LogP contribution in [0.5, 0.6) is 5.75 Å². The Morgan fingerprint density at radius 1 is 1.10 bits per heavy atom. The second-order valence-electron chi connectivity index (χ2n) is 5.30. The Labute approximate surface area is 123 Å². The first kappa shape index (κ1) is 16.5. The molecule has 0 N–H and O–H groups in total. The van der Waals surface area contributed by atoms with Gasteiger partial charge in [-0.2, -0.15) is 0 Å². The molecule has 0 fully saturated rings. The van der Waals surface area contributed by atoms with Gasteiger partial charge in [-0.25, -0.2) is 0 Å². The minimum absolute atomic E-state index is 0.216. The van der Waals surface area contributed by atoms with E-state index in [9.17, 15) is 0 Å². The standard InChI is InChI=1S/C18H26O2/c1-7-19-15(6)20-17-10-8-16(9-11-17)18(14(4)5)12-13(2)3/h8-12,15H,7H2,1-6H3. The quantitative estimate of drug-likeness (QED) is 0.524. The molecule has 0 aliphatic rings. The topological polar surface area (TPSA) is 18.5 Å². The van der Waals surface area contributed by atoms with Crippen molar-refractivity contribution in [3.8, 4) is 5.75 Å². The van der Waals surface area contributed by atoms with E-state index in [-0.39, 0.29) is 6.29 Å². The van der Waals surface area contributed by atoms with Gasteiger partial charge >= 0.3 is 0 Å². The van der Waals surface area contributed by atoms with Gasteiger partial charge in [-0.05, 0) is 64.8 Å². The van der Waals surface area contributed by atoms with Gasteiger partial charge in [0.05, 0.1) is 0 Å². The lowest BCUT2D eigenvalue weighted by atomic mass is 9.99. The highest BCUT2D eigenvalue weighted by molar-refractivity contribution is 5.76. The fourth-order valence-electron chi connectivity index (χ4n) is 1.98. The monoisotopic (exact) mass is 274 g/mol. The van der Waals surface area contributed by atoms with Gasteiger partial charge in [0.15, 0.2) is 6.29 Å². The molecule has 0 amide bonds. The first-order valence-electron chi connectivity index (χ1n) is 7.15. The van der Waals surface area contributed by atoms with Crippen LogP contribution in [0.1, 0.15) is 47.1 Å². The maximum atomic E-state index is 5.68. The first-order chi connectivity index (χ1) is 9.43. The Bertz CT molecular complexity index is 473. The van der Waals surface area contributed by atoms with Crippen molar-refractivity contribution in [1.82, 2.24) is 0 Å². The molecule has 1 atom stereocenters. The molecule has 2 heteroatoms. The van der Waals surface area contributed by atoms with Crippen LogP contribution >= 0.6 is 0 Å². The highest BCUT2D eigenvalue weighted by Crippen LogP contribution is 2.24. The summed E-state index contributed by atoms with van der Waals surface area (Å²) < 4.78 is 11.1. The second-order valence-corrected chi connectivity index (χ2v) is 5.30. The minimum Gasteiger partial charge on any atom is -0.465 e. The number of hydrogen-bond donors (Lipinski definition) is 0. The molecular weight excluding hydrogens is 248 g/mol. The molecule has 0 bridgehead atoms. The molecule has 0 aliphatic carbocycles. The Morgan fingerprint density at radius 2 is 1.70 bits per heavy atom. The van der Waals surface area contributed by atoms with E-state index in [4.69, 9.17) is 9.47 Å². The molecule has 110 valence electrons. The maximum Gasteiger partial charge on any atom is 0.196 e. The van der Waals surface area contributed by atoms with E-state index >= 15 is 0 Å². The normalized spacial score (nSPS) is 11.7. The number of allylic oxidation sites excluding steroid dienone is 4. The molecule has 1 rings (SSSR count). The summed E-state index contributed by atoms with van der Waals surface area (Å²) in [5.74, 6) is 0.833. The molecule has 0 saturated carbocycles. The van der Waals surface area contributed by atoms with E-state index in [0.29, 0.717) is 6.61 Å². The lowest BCUT2D eigenvalue weighted by molar-refractivity contribution is -0.0613. The van der Waals surface area contributed by atoms with Gasteiger partial charge in [0.2, 0.25) is 0 Å². The molecule has 0 aromatic heterocycles. The summed E-state index contributed by atoms with van der Waals surface area (Å²) in [7, 11) is 0. The zero-order valence-corrected chi connectivity index (χ0v) is 13.5. The summed E-state index contributed by atoms with van der Waals surface area (Å²) in [5.41, 5.74) is 5.09. The summed E-state index contributed by atoms with van der Waals surface area (Å²) in [5, 5.41) is 0. The van der Waals surface area contributed by atoms with Crippen LogP contribution < -0.4 is 4.74 Å². The summed E-state index contributed by atoms with van der Waals surface area (Å²) >= 11 is 0. The molecule has 1 unspecified atom stereocenters. The molecule has 2 nitrogen and oxygen atoms in total. The average Bonchev–Trinajstić information content (AvgIpc) is 2.37. The summed E-state index contributed by atoms with van der Waals surface area (Å²) in [4.78, 5) is 0.